The molecule has 7 heteroatoms. The molecule has 0 atom stereocenters. The third kappa shape index (κ3) is 3.11. The molecule has 1 aromatic carbocycles. The highest BCUT2D eigenvalue weighted by atomic mass is 79.9. The van der Waals surface area contributed by atoms with E-state index in [-0.39, 0.29) is 17.4 Å². The molecule has 0 bridgehead atoms. The highest BCUT2D eigenvalue weighted by molar-refractivity contribution is 9.08. The third-order valence-electron chi connectivity index (χ3n) is 2.63. The van der Waals surface area contributed by atoms with Gasteiger partial charge in [0.25, 0.3) is 0 Å². The van der Waals surface area contributed by atoms with Crippen LogP contribution in [0.25, 0.3) is 0 Å². The summed E-state index contributed by atoms with van der Waals surface area (Å²) < 4.78 is 5.48. The highest BCUT2D eigenvalue weighted by Gasteiger charge is 2.20. The molecule has 0 radical (unpaired) electrons. The number of nitro benzene ring substituents is 1. The minimum absolute atomic E-state index is 0.0873. The van der Waals surface area contributed by atoms with Crippen molar-refractivity contribution in [3.63, 3.8) is 0 Å². The molecule has 0 saturated heterocycles. The van der Waals surface area contributed by atoms with Crippen molar-refractivity contribution in [2.24, 2.45) is 0 Å². The standard InChI is InChI=1S/C13H12BrN3O3/c1-8-3-9(2)12(11(4-8)17(18)19)20-13-15-6-10(5-14)7-16-13/h3-4,6-7H,5H2,1-2H3. The number of aryl methyl sites for hydroxylation is 2. The average Bonchev–Trinajstić information content (AvgIpc) is 2.42. The van der Waals surface area contributed by atoms with E-state index < -0.39 is 4.92 Å². The Kier molecular flexibility index (Phi) is 4.29. The van der Waals surface area contributed by atoms with Crippen LogP contribution in [0.4, 0.5) is 5.69 Å². The van der Waals surface area contributed by atoms with Crippen LogP contribution >= 0.6 is 15.9 Å². The number of aromatic nitrogens is 2. The summed E-state index contributed by atoms with van der Waals surface area (Å²) in [5.41, 5.74) is 2.28. The smallest absolute Gasteiger partial charge is 0.322 e. The summed E-state index contributed by atoms with van der Waals surface area (Å²) in [6.45, 7) is 3.55. The first-order valence-corrected chi connectivity index (χ1v) is 6.93. The van der Waals surface area contributed by atoms with Gasteiger partial charge in [-0.05, 0) is 30.5 Å². The average molecular weight is 338 g/mol. The number of alkyl halides is 1. The van der Waals surface area contributed by atoms with Crippen molar-refractivity contribution in [1.82, 2.24) is 9.97 Å². The predicted octanol–water partition coefficient (Wildman–Crippen LogP) is 3.69. The molecule has 0 unspecified atom stereocenters. The van der Waals surface area contributed by atoms with Crippen LogP contribution in [0.5, 0.6) is 11.8 Å². The van der Waals surface area contributed by atoms with Crippen LogP contribution in [-0.2, 0) is 5.33 Å². The Bertz CT molecular complexity index is 644. The van der Waals surface area contributed by atoms with E-state index in [1.165, 1.54) is 6.07 Å². The van der Waals surface area contributed by atoms with E-state index in [2.05, 4.69) is 25.9 Å². The monoisotopic (exact) mass is 337 g/mol. The van der Waals surface area contributed by atoms with Crippen molar-refractivity contribution in [2.75, 3.05) is 0 Å². The molecule has 0 spiro atoms. The van der Waals surface area contributed by atoms with Crippen LogP contribution in [0.1, 0.15) is 16.7 Å². The maximum atomic E-state index is 11.1. The summed E-state index contributed by atoms with van der Waals surface area (Å²) in [4.78, 5) is 18.7. The first-order chi connectivity index (χ1) is 9.51. The molecular weight excluding hydrogens is 326 g/mol. The van der Waals surface area contributed by atoms with Crippen molar-refractivity contribution < 1.29 is 9.66 Å². The van der Waals surface area contributed by atoms with Crippen LogP contribution in [0, 0.1) is 24.0 Å². The fraction of sp³-hybridized carbons (Fsp3) is 0.231. The van der Waals surface area contributed by atoms with E-state index in [0.717, 1.165) is 11.1 Å². The lowest BCUT2D eigenvalue weighted by molar-refractivity contribution is -0.385. The number of hydrogen-bond acceptors (Lipinski definition) is 5. The molecular formula is C13H12BrN3O3. The lowest BCUT2D eigenvalue weighted by atomic mass is 10.1. The van der Waals surface area contributed by atoms with E-state index in [4.69, 9.17) is 4.74 Å². The van der Waals surface area contributed by atoms with Crippen LogP contribution < -0.4 is 4.74 Å². The number of ether oxygens (including phenoxy) is 1. The molecule has 1 aromatic heterocycles. The van der Waals surface area contributed by atoms with Gasteiger partial charge in [-0.25, -0.2) is 9.97 Å². The van der Waals surface area contributed by atoms with Crippen molar-refractivity contribution >= 4 is 21.6 Å². The first-order valence-electron chi connectivity index (χ1n) is 5.81. The molecule has 2 aromatic rings. The lowest BCUT2D eigenvalue weighted by Crippen LogP contribution is -1.99. The van der Waals surface area contributed by atoms with Gasteiger partial charge in [0.05, 0.1) is 4.92 Å². The quantitative estimate of drug-likeness (QED) is 0.483. The van der Waals surface area contributed by atoms with Crippen molar-refractivity contribution in [3.05, 3.63) is 51.3 Å². The van der Waals surface area contributed by atoms with Gasteiger partial charge >= 0.3 is 11.7 Å². The van der Waals surface area contributed by atoms with Crippen molar-refractivity contribution in [3.8, 4) is 11.8 Å². The molecule has 0 aliphatic heterocycles. The van der Waals surface area contributed by atoms with E-state index in [1.54, 1.807) is 26.2 Å². The van der Waals surface area contributed by atoms with Gasteiger partial charge in [0, 0.05) is 23.8 Å². The Morgan fingerprint density at radius 1 is 1.30 bits per heavy atom. The van der Waals surface area contributed by atoms with Gasteiger partial charge in [-0.3, -0.25) is 10.1 Å². The summed E-state index contributed by atoms with van der Waals surface area (Å²) >= 11 is 3.29. The summed E-state index contributed by atoms with van der Waals surface area (Å²) in [6.07, 6.45) is 3.21. The van der Waals surface area contributed by atoms with Gasteiger partial charge in [-0.2, -0.15) is 0 Å². The molecule has 20 heavy (non-hydrogen) atoms. The fourth-order valence-corrected chi connectivity index (χ4v) is 2.05. The van der Waals surface area contributed by atoms with Gasteiger partial charge < -0.3 is 4.74 Å². The number of halogens is 1. The van der Waals surface area contributed by atoms with Gasteiger partial charge in [0.15, 0.2) is 0 Å². The van der Waals surface area contributed by atoms with E-state index in [1.807, 2.05) is 6.07 Å². The van der Waals surface area contributed by atoms with Gasteiger partial charge in [-0.1, -0.05) is 22.0 Å². The Labute approximate surface area is 124 Å². The van der Waals surface area contributed by atoms with Gasteiger partial charge in [0.2, 0.25) is 5.75 Å². The highest BCUT2D eigenvalue weighted by Crippen LogP contribution is 2.34. The second kappa shape index (κ2) is 5.96. The molecule has 0 aliphatic carbocycles. The molecule has 0 fully saturated rings. The number of nitro groups is 1. The fourth-order valence-electron chi connectivity index (χ4n) is 1.76. The maximum Gasteiger partial charge on any atom is 0.322 e. The summed E-state index contributed by atoms with van der Waals surface area (Å²) in [5.74, 6) is 0.173. The maximum absolute atomic E-state index is 11.1. The minimum Gasteiger partial charge on any atom is -0.417 e. The predicted molar refractivity (Wildman–Crippen MR) is 77.3 cm³/mol. The van der Waals surface area contributed by atoms with E-state index in [9.17, 15) is 10.1 Å². The van der Waals surface area contributed by atoms with E-state index in [0.29, 0.717) is 10.9 Å². The number of nitrogens with zero attached hydrogens (tertiary/aromatic N) is 3. The Balaban J connectivity index is 2.39. The molecule has 6 nitrogen and oxygen atoms in total. The first kappa shape index (κ1) is 14.4. The zero-order chi connectivity index (χ0) is 14.7. The Morgan fingerprint density at radius 2 is 1.95 bits per heavy atom. The SMILES string of the molecule is Cc1cc(C)c(Oc2ncc(CBr)cn2)c([N+](=O)[O-])c1. The van der Waals surface area contributed by atoms with Crippen LogP contribution in [0.3, 0.4) is 0 Å². The minimum atomic E-state index is -0.470. The molecule has 0 amide bonds. The second-order valence-electron chi connectivity index (χ2n) is 4.30. The van der Waals surface area contributed by atoms with Crippen LogP contribution in [0.15, 0.2) is 24.5 Å². The Morgan fingerprint density at radius 3 is 2.50 bits per heavy atom. The van der Waals surface area contributed by atoms with Crippen molar-refractivity contribution in [2.45, 2.75) is 19.2 Å². The normalized spacial score (nSPS) is 10.3. The summed E-state index contributed by atoms with van der Waals surface area (Å²) in [6, 6.07) is 3.37. The number of rotatable bonds is 4. The summed E-state index contributed by atoms with van der Waals surface area (Å²) in [5, 5.41) is 11.7. The molecule has 0 aliphatic rings. The molecule has 2 rings (SSSR count). The topological polar surface area (TPSA) is 78.2 Å². The van der Waals surface area contributed by atoms with Gasteiger partial charge in [0.1, 0.15) is 0 Å². The zero-order valence-electron chi connectivity index (χ0n) is 11.0. The van der Waals surface area contributed by atoms with Gasteiger partial charge in [-0.15, -0.1) is 0 Å². The number of benzene rings is 1. The second-order valence-corrected chi connectivity index (χ2v) is 4.86. The van der Waals surface area contributed by atoms with Crippen LogP contribution in [-0.4, -0.2) is 14.9 Å². The largest absolute Gasteiger partial charge is 0.417 e. The molecule has 0 saturated carbocycles. The number of hydrogen-bond donors (Lipinski definition) is 0. The molecule has 104 valence electrons. The third-order valence-corrected chi connectivity index (χ3v) is 3.27. The molecule has 0 N–H and O–H groups in total. The lowest BCUT2D eigenvalue weighted by Gasteiger charge is -2.08. The van der Waals surface area contributed by atoms with Crippen LogP contribution in [0.2, 0.25) is 0 Å². The zero-order valence-corrected chi connectivity index (χ0v) is 12.5. The molecule has 1 heterocycles. The van der Waals surface area contributed by atoms with E-state index >= 15 is 0 Å². The summed E-state index contributed by atoms with van der Waals surface area (Å²) in [7, 11) is 0. The Hall–Kier alpha value is -2.02. The van der Waals surface area contributed by atoms with Crippen molar-refractivity contribution in [1.29, 1.82) is 0 Å².